The Hall–Kier alpha value is -0.890. The van der Waals surface area contributed by atoms with Crippen LogP contribution in [0.5, 0.6) is 5.75 Å². The van der Waals surface area contributed by atoms with Gasteiger partial charge in [0, 0.05) is 17.5 Å². The van der Waals surface area contributed by atoms with Crippen molar-refractivity contribution in [3.8, 4) is 5.75 Å². The molecular formula is C10H12ClNO. The molecule has 0 spiro atoms. The van der Waals surface area contributed by atoms with Crippen LogP contribution in [0.1, 0.15) is 6.92 Å². The van der Waals surface area contributed by atoms with E-state index >= 15 is 0 Å². The minimum absolute atomic E-state index is 0.533. The van der Waals surface area contributed by atoms with Crippen LogP contribution in [-0.2, 0) is 0 Å². The molecule has 0 fully saturated rings. The molecule has 13 heavy (non-hydrogen) atoms. The minimum atomic E-state index is 0.533. The molecule has 0 amide bonds. The van der Waals surface area contributed by atoms with Crippen molar-refractivity contribution in [3.05, 3.63) is 23.2 Å². The topological polar surface area (TPSA) is 21.3 Å². The van der Waals surface area contributed by atoms with Gasteiger partial charge in [0.05, 0.1) is 12.3 Å². The predicted molar refractivity (Wildman–Crippen MR) is 54.6 cm³/mol. The number of anilines is 1. The Morgan fingerprint density at radius 2 is 2.38 bits per heavy atom. The van der Waals surface area contributed by atoms with Crippen LogP contribution >= 0.6 is 11.6 Å². The Kier molecular flexibility index (Phi) is 2.32. The number of ether oxygens (including phenoxy) is 1. The fraction of sp³-hybridized carbons (Fsp3) is 0.400. The number of benzene rings is 1. The van der Waals surface area contributed by atoms with E-state index < -0.39 is 0 Å². The lowest BCUT2D eigenvalue weighted by Gasteiger charge is -2.06. The number of hydrogen-bond donors (Lipinski definition) is 1. The third-order valence-corrected chi connectivity index (χ3v) is 2.34. The first kappa shape index (κ1) is 8.70. The zero-order valence-corrected chi connectivity index (χ0v) is 8.27. The second-order valence-corrected chi connectivity index (χ2v) is 3.87. The van der Waals surface area contributed by atoms with Crippen LogP contribution in [0.3, 0.4) is 0 Å². The van der Waals surface area contributed by atoms with Crippen molar-refractivity contribution in [2.24, 2.45) is 5.92 Å². The summed E-state index contributed by atoms with van der Waals surface area (Å²) in [5, 5.41) is 4.05. The fourth-order valence-corrected chi connectivity index (χ4v) is 1.51. The lowest BCUT2D eigenvalue weighted by molar-refractivity contribution is 0.275. The third-order valence-electron chi connectivity index (χ3n) is 2.11. The van der Waals surface area contributed by atoms with Gasteiger partial charge in [-0.25, -0.2) is 0 Å². The number of nitrogens with one attached hydrogen (secondary N) is 1. The summed E-state index contributed by atoms with van der Waals surface area (Å²) in [5.41, 5.74) is 0.997. The molecular weight excluding hydrogens is 186 g/mol. The van der Waals surface area contributed by atoms with Gasteiger partial charge < -0.3 is 10.1 Å². The van der Waals surface area contributed by atoms with Gasteiger partial charge in [-0.2, -0.15) is 0 Å². The van der Waals surface area contributed by atoms with Crippen LogP contribution < -0.4 is 10.1 Å². The van der Waals surface area contributed by atoms with Gasteiger partial charge in [-0.1, -0.05) is 18.5 Å². The molecule has 1 heterocycles. The molecule has 1 N–H and O–H groups in total. The van der Waals surface area contributed by atoms with Crippen molar-refractivity contribution in [1.29, 1.82) is 0 Å². The molecule has 0 aliphatic carbocycles. The Morgan fingerprint density at radius 3 is 3.23 bits per heavy atom. The van der Waals surface area contributed by atoms with Crippen LogP contribution in [0.15, 0.2) is 18.2 Å². The van der Waals surface area contributed by atoms with Crippen molar-refractivity contribution in [1.82, 2.24) is 0 Å². The average Bonchev–Trinajstić information content (AvgIpc) is 2.29. The van der Waals surface area contributed by atoms with Gasteiger partial charge in [0.2, 0.25) is 0 Å². The summed E-state index contributed by atoms with van der Waals surface area (Å²) < 4.78 is 5.59. The normalized spacial score (nSPS) is 20.9. The zero-order chi connectivity index (χ0) is 9.26. The van der Waals surface area contributed by atoms with Gasteiger partial charge in [0.25, 0.3) is 0 Å². The molecule has 70 valence electrons. The second kappa shape index (κ2) is 3.46. The van der Waals surface area contributed by atoms with E-state index in [0.717, 1.165) is 29.6 Å². The Bertz CT molecular complexity index is 314. The molecule has 1 aliphatic rings. The van der Waals surface area contributed by atoms with Crippen LogP contribution in [0.4, 0.5) is 5.69 Å². The summed E-state index contributed by atoms with van der Waals surface area (Å²) in [6.45, 7) is 3.86. The third kappa shape index (κ3) is 1.89. The number of hydrogen-bond acceptors (Lipinski definition) is 2. The quantitative estimate of drug-likeness (QED) is 0.691. The lowest BCUT2D eigenvalue weighted by Crippen LogP contribution is -2.13. The number of rotatable bonds is 0. The fourth-order valence-electron chi connectivity index (χ4n) is 1.34. The van der Waals surface area contributed by atoms with E-state index in [0.29, 0.717) is 5.92 Å². The minimum Gasteiger partial charge on any atom is -0.491 e. The lowest BCUT2D eigenvalue weighted by atomic mass is 10.2. The molecule has 1 unspecified atom stereocenters. The largest absolute Gasteiger partial charge is 0.491 e. The monoisotopic (exact) mass is 197 g/mol. The highest BCUT2D eigenvalue weighted by atomic mass is 35.5. The first-order valence-electron chi connectivity index (χ1n) is 4.42. The van der Waals surface area contributed by atoms with Gasteiger partial charge in [-0.3, -0.25) is 0 Å². The molecule has 3 heteroatoms. The van der Waals surface area contributed by atoms with Crippen LogP contribution in [0.2, 0.25) is 5.02 Å². The first-order valence-corrected chi connectivity index (χ1v) is 4.80. The molecule has 1 aromatic carbocycles. The summed E-state index contributed by atoms with van der Waals surface area (Å²) >= 11 is 5.87. The van der Waals surface area contributed by atoms with E-state index in [2.05, 4.69) is 12.2 Å². The van der Waals surface area contributed by atoms with Crippen molar-refractivity contribution in [3.63, 3.8) is 0 Å². The molecule has 0 bridgehead atoms. The van der Waals surface area contributed by atoms with Crippen LogP contribution in [0.25, 0.3) is 0 Å². The molecule has 1 atom stereocenters. The number of fused-ring (bicyclic) bond motifs is 1. The molecule has 0 saturated carbocycles. The standard InChI is InChI=1S/C10H12ClNO/c1-7-5-12-9-4-8(11)2-3-10(9)13-6-7/h2-4,7,12H,5-6H2,1H3. The number of halogens is 1. The molecule has 0 radical (unpaired) electrons. The molecule has 2 nitrogen and oxygen atoms in total. The van der Waals surface area contributed by atoms with Crippen molar-refractivity contribution < 1.29 is 4.74 Å². The average molecular weight is 198 g/mol. The maximum absolute atomic E-state index is 5.87. The highest BCUT2D eigenvalue weighted by Crippen LogP contribution is 2.30. The summed E-state index contributed by atoms with van der Waals surface area (Å²) in [7, 11) is 0. The predicted octanol–water partition coefficient (Wildman–Crippen LogP) is 2.78. The maximum atomic E-state index is 5.87. The van der Waals surface area contributed by atoms with E-state index in [1.54, 1.807) is 0 Å². The first-order chi connectivity index (χ1) is 6.25. The molecule has 0 aromatic heterocycles. The second-order valence-electron chi connectivity index (χ2n) is 3.44. The van der Waals surface area contributed by atoms with E-state index in [1.807, 2.05) is 18.2 Å². The molecule has 1 aliphatic heterocycles. The summed E-state index contributed by atoms with van der Waals surface area (Å²) in [6, 6.07) is 5.65. The van der Waals surface area contributed by atoms with Gasteiger partial charge in [-0.05, 0) is 18.2 Å². The highest BCUT2D eigenvalue weighted by Gasteiger charge is 2.12. The van der Waals surface area contributed by atoms with Gasteiger partial charge >= 0.3 is 0 Å². The molecule has 0 saturated heterocycles. The Labute approximate surface area is 82.9 Å². The summed E-state index contributed by atoms with van der Waals surface area (Å²) in [4.78, 5) is 0. The van der Waals surface area contributed by atoms with Crippen LogP contribution in [0, 0.1) is 5.92 Å². The van der Waals surface area contributed by atoms with Crippen LogP contribution in [-0.4, -0.2) is 13.2 Å². The van der Waals surface area contributed by atoms with Crippen molar-refractivity contribution >= 4 is 17.3 Å². The Balaban J connectivity index is 2.30. The SMILES string of the molecule is CC1CNc2cc(Cl)ccc2OC1. The van der Waals surface area contributed by atoms with E-state index in [-0.39, 0.29) is 0 Å². The van der Waals surface area contributed by atoms with Gasteiger partial charge in [0.1, 0.15) is 5.75 Å². The van der Waals surface area contributed by atoms with Crippen molar-refractivity contribution in [2.75, 3.05) is 18.5 Å². The summed E-state index contributed by atoms with van der Waals surface area (Å²) in [6.07, 6.45) is 0. The summed E-state index contributed by atoms with van der Waals surface area (Å²) in [5.74, 6) is 1.43. The van der Waals surface area contributed by atoms with E-state index in [9.17, 15) is 0 Å². The molecule has 2 rings (SSSR count). The Morgan fingerprint density at radius 1 is 1.54 bits per heavy atom. The zero-order valence-electron chi connectivity index (χ0n) is 7.51. The maximum Gasteiger partial charge on any atom is 0.142 e. The molecule has 1 aromatic rings. The highest BCUT2D eigenvalue weighted by molar-refractivity contribution is 6.30. The smallest absolute Gasteiger partial charge is 0.142 e. The van der Waals surface area contributed by atoms with E-state index in [4.69, 9.17) is 16.3 Å². The van der Waals surface area contributed by atoms with E-state index in [1.165, 1.54) is 0 Å². The van der Waals surface area contributed by atoms with Gasteiger partial charge in [0.15, 0.2) is 0 Å². The van der Waals surface area contributed by atoms with Crippen molar-refractivity contribution in [2.45, 2.75) is 6.92 Å². The van der Waals surface area contributed by atoms with Gasteiger partial charge in [-0.15, -0.1) is 0 Å².